The number of nitrogens with one attached hydrogen (secondary N) is 2. The zero-order valence-corrected chi connectivity index (χ0v) is 17.6. The molecule has 30 heavy (non-hydrogen) atoms. The summed E-state index contributed by atoms with van der Waals surface area (Å²) in [5.74, 6) is 0.273. The number of methoxy groups -OCH3 is 2. The number of piperidine rings is 1. The molecule has 160 valence electrons. The fourth-order valence-corrected chi connectivity index (χ4v) is 3.51. The molecule has 7 heteroatoms. The van der Waals surface area contributed by atoms with Crippen LogP contribution in [0.5, 0.6) is 5.75 Å². The summed E-state index contributed by atoms with van der Waals surface area (Å²) >= 11 is 0. The molecule has 0 saturated carbocycles. The van der Waals surface area contributed by atoms with E-state index in [4.69, 9.17) is 9.47 Å². The van der Waals surface area contributed by atoms with Crippen molar-refractivity contribution in [3.8, 4) is 5.75 Å². The second-order valence-corrected chi connectivity index (χ2v) is 7.21. The molecule has 0 aromatic heterocycles. The molecule has 0 aliphatic carbocycles. The molecule has 0 unspecified atom stereocenters. The van der Waals surface area contributed by atoms with Crippen molar-refractivity contribution in [1.29, 1.82) is 0 Å². The third-order valence-corrected chi connectivity index (χ3v) is 5.14. The van der Waals surface area contributed by atoms with Crippen molar-refractivity contribution in [1.82, 2.24) is 5.32 Å². The second-order valence-electron chi connectivity index (χ2n) is 7.21. The molecule has 7 nitrogen and oxygen atoms in total. The van der Waals surface area contributed by atoms with E-state index in [1.807, 2.05) is 12.1 Å². The summed E-state index contributed by atoms with van der Waals surface area (Å²) < 4.78 is 10.2. The molecule has 0 spiro atoms. The van der Waals surface area contributed by atoms with Gasteiger partial charge in [-0.25, -0.2) is 0 Å². The number of benzene rings is 2. The predicted molar refractivity (Wildman–Crippen MR) is 118 cm³/mol. The Bertz CT molecular complexity index is 861. The molecule has 0 radical (unpaired) electrons. The monoisotopic (exact) mass is 411 g/mol. The number of carbonyl (C=O) groups is 2. The lowest BCUT2D eigenvalue weighted by Gasteiger charge is -2.30. The van der Waals surface area contributed by atoms with Gasteiger partial charge in [0.15, 0.2) is 0 Å². The third kappa shape index (κ3) is 5.51. The molecule has 1 fully saturated rings. The van der Waals surface area contributed by atoms with Crippen LogP contribution < -0.4 is 20.3 Å². The molecule has 2 aromatic rings. The minimum atomic E-state index is -0.242. The predicted octanol–water partition coefficient (Wildman–Crippen LogP) is 3.31. The SMILES string of the molecule is COCCNC(=O)c1cc(NC(=O)c2ccc(OC)cc2)ccc1N1CCCCC1. The van der Waals surface area contributed by atoms with Crippen molar-refractivity contribution in [3.63, 3.8) is 0 Å². The van der Waals surface area contributed by atoms with Crippen molar-refractivity contribution in [2.45, 2.75) is 19.3 Å². The Balaban J connectivity index is 1.81. The molecular formula is C23H29N3O4. The Morgan fingerprint density at radius 2 is 1.70 bits per heavy atom. The zero-order chi connectivity index (χ0) is 21.3. The average Bonchev–Trinajstić information content (AvgIpc) is 2.79. The summed E-state index contributed by atoms with van der Waals surface area (Å²) in [5, 5.41) is 5.77. The first kappa shape index (κ1) is 21.6. The molecule has 1 aliphatic heterocycles. The number of ether oxygens (including phenoxy) is 2. The number of rotatable bonds is 8. The summed E-state index contributed by atoms with van der Waals surface area (Å²) in [6, 6.07) is 12.4. The first-order valence-corrected chi connectivity index (χ1v) is 10.2. The highest BCUT2D eigenvalue weighted by atomic mass is 16.5. The Hall–Kier alpha value is -3.06. The standard InChI is InChI=1S/C23H29N3O4/c1-29-15-12-24-23(28)20-16-18(8-11-21(20)26-13-4-3-5-14-26)25-22(27)17-6-9-19(30-2)10-7-17/h6-11,16H,3-5,12-15H2,1-2H3,(H,24,28)(H,25,27). The van der Waals surface area contributed by atoms with Crippen LogP contribution in [0.4, 0.5) is 11.4 Å². The molecule has 0 bridgehead atoms. The molecule has 3 rings (SSSR count). The van der Waals surface area contributed by atoms with Crippen LogP contribution in [0, 0.1) is 0 Å². The lowest BCUT2D eigenvalue weighted by molar-refractivity contribution is 0.0936. The van der Waals surface area contributed by atoms with Gasteiger partial charge in [-0.1, -0.05) is 0 Å². The number of hydrogen-bond donors (Lipinski definition) is 2. The van der Waals surface area contributed by atoms with Crippen molar-refractivity contribution in [3.05, 3.63) is 53.6 Å². The van der Waals surface area contributed by atoms with Crippen LogP contribution in [-0.2, 0) is 4.74 Å². The molecule has 2 aromatic carbocycles. The van der Waals surface area contributed by atoms with Gasteiger partial charge in [0.2, 0.25) is 0 Å². The minimum absolute atomic E-state index is 0.173. The van der Waals surface area contributed by atoms with Gasteiger partial charge in [-0.3, -0.25) is 9.59 Å². The van der Waals surface area contributed by atoms with Crippen LogP contribution in [0.3, 0.4) is 0 Å². The molecular weight excluding hydrogens is 382 g/mol. The molecule has 2 N–H and O–H groups in total. The molecule has 2 amide bonds. The van der Waals surface area contributed by atoms with E-state index in [0.29, 0.717) is 35.7 Å². The topological polar surface area (TPSA) is 79.9 Å². The quantitative estimate of drug-likeness (QED) is 0.652. The van der Waals surface area contributed by atoms with E-state index < -0.39 is 0 Å². The van der Waals surface area contributed by atoms with Crippen molar-refractivity contribution >= 4 is 23.2 Å². The number of hydrogen-bond acceptors (Lipinski definition) is 5. The van der Waals surface area contributed by atoms with Crippen LogP contribution >= 0.6 is 0 Å². The smallest absolute Gasteiger partial charge is 0.255 e. The van der Waals surface area contributed by atoms with E-state index in [-0.39, 0.29) is 11.8 Å². The summed E-state index contributed by atoms with van der Waals surface area (Å²) in [4.78, 5) is 27.7. The fourth-order valence-electron chi connectivity index (χ4n) is 3.51. The van der Waals surface area contributed by atoms with Gasteiger partial charge in [0.1, 0.15) is 5.75 Å². The van der Waals surface area contributed by atoms with Crippen LogP contribution in [0.1, 0.15) is 40.0 Å². The Kier molecular flexibility index (Phi) is 7.68. The Morgan fingerprint density at radius 1 is 0.967 bits per heavy atom. The average molecular weight is 412 g/mol. The summed E-state index contributed by atoms with van der Waals surface area (Å²) in [6.07, 6.45) is 3.43. The Labute approximate surface area is 177 Å². The number of anilines is 2. The lowest BCUT2D eigenvalue weighted by atomic mass is 10.1. The maximum Gasteiger partial charge on any atom is 0.255 e. The van der Waals surface area contributed by atoms with Crippen LogP contribution in [-0.4, -0.2) is 52.3 Å². The number of nitrogens with zero attached hydrogens (tertiary/aromatic N) is 1. The van der Waals surface area contributed by atoms with E-state index in [1.165, 1.54) is 6.42 Å². The molecule has 0 atom stereocenters. The minimum Gasteiger partial charge on any atom is -0.497 e. The maximum absolute atomic E-state index is 12.8. The fraction of sp³-hybridized carbons (Fsp3) is 0.391. The highest BCUT2D eigenvalue weighted by Crippen LogP contribution is 2.27. The van der Waals surface area contributed by atoms with Gasteiger partial charge in [0.25, 0.3) is 11.8 Å². The highest BCUT2D eigenvalue weighted by molar-refractivity contribution is 6.06. The van der Waals surface area contributed by atoms with E-state index in [1.54, 1.807) is 44.6 Å². The first-order valence-electron chi connectivity index (χ1n) is 10.2. The van der Waals surface area contributed by atoms with Crippen molar-refractivity contribution in [2.75, 3.05) is 50.7 Å². The third-order valence-electron chi connectivity index (χ3n) is 5.14. The van der Waals surface area contributed by atoms with Gasteiger partial charge >= 0.3 is 0 Å². The van der Waals surface area contributed by atoms with Gasteiger partial charge in [0.05, 0.1) is 19.3 Å². The normalized spacial score (nSPS) is 13.6. The van der Waals surface area contributed by atoms with E-state index in [2.05, 4.69) is 15.5 Å². The summed E-state index contributed by atoms with van der Waals surface area (Å²) in [7, 11) is 3.18. The number of amides is 2. The van der Waals surface area contributed by atoms with Gasteiger partial charge in [-0.05, 0) is 61.7 Å². The van der Waals surface area contributed by atoms with E-state index in [9.17, 15) is 9.59 Å². The zero-order valence-electron chi connectivity index (χ0n) is 17.6. The molecule has 1 aliphatic rings. The van der Waals surface area contributed by atoms with Crippen LogP contribution in [0.25, 0.3) is 0 Å². The van der Waals surface area contributed by atoms with Gasteiger partial charge in [-0.15, -0.1) is 0 Å². The van der Waals surface area contributed by atoms with Gasteiger partial charge in [0, 0.05) is 43.7 Å². The lowest BCUT2D eigenvalue weighted by Crippen LogP contribution is -2.33. The van der Waals surface area contributed by atoms with Gasteiger partial charge < -0.3 is 25.0 Å². The van der Waals surface area contributed by atoms with E-state index >= 15 is 0 Å². The maximum atomic E-state index is 12.8. The van der Waals surface area contributed by atoms with E-state index in [0.717, 1.165) is 31.6 Å². The second kappa shape index (κ2) is 10.6. The van der Waals surface area contributed by atoms with Gasteiger partial charge in [-0.2, -0.15) is 0 Å². The highest BCUT2D eigenvalue weighted by Gasteiger charge is 2.20. The largest absolute Gasteiger partial charge is 0.497 e. The van der Waals surface area contributed by atoms with Crippen LogP contribution in [0.2, 0.25) is 0 Å². The molecule has 1 saturated heterocycles. The summed E-state index contributed by atoms with van der Waals surface area (Å²) in [6.45, 7) is 2.72. The first-order chi connectivity index (χ1) is 14.6. The van der Waals surface area contributed by atoms with Crippen molar-refractivity contribution < 1.29 is 19.1 Å². The summed E-state index contributed by atoms with van der Waals surface area (Å²) in [5.41, 5.74) is 2.54. The van der Waals surface area contributed by atoms with Crippen LogP contribution in [0.15, 0.2) is 42.5 Å². The van der Waals surface area contributed by atoms with Crippen molar-refractivity contribution in [2.24, 2.45) is 0 Å². The Morgan fingerprint density at radius 3 is 2.37 bits per heavy atom. The number of carbonyl (C=O) groups excluding carboxylic acids is 2. The molecule has 1 heterocycles.